The van der Waals surface area contributed by atoms with Gasteiger partial charge < -0.3 is 15.4 Å². The van der Waals surface area contributed by atoms with E-state index in [0.717, 1.165) is 19.3 Å². The molecule has 108 valence electrons. The van der Waals surface area contributed by atoms with Crippen LogP contribution in [0.4, 0.5) is 5.69 Å². The van der Waals surface area contributed by atoms with Crippen molar-refractivity contribution in [1.29, 1.82) is 0 Å². The number of hydrogen-bond acceptors (Lipinski definition) is 3. The maximum absolute atomic E-state index is 12.0. The third kappa shape index (κ3) is 3.57. The van der Waals surface area contributed by atoms with Crippen molar-refractivity contribution >= 4 is 17.5 Å². The summed E-state index contributed by atoms with van der Waals surface area (Å²) in [5, 5.41) is 5.60. The third-order valence-corrected chi connectivity index (χ3v) is 3.19. The van der Waals surface area contributed by atoms with E-state index in [9.17, 15) is 9.59 Å². The van der Waals surface area contributed by atoms with Crippen LogP contribution in [0.5, 0.6) is 0 Å². The largest absolute Gasteiger partial charge is 0.368 e. The van der Waals surface area contributed by atoms with Gasteiger partial charge in [0.05, 0.1) is 11.3 Å². The Morgan fingerprint density at radius 3 is 2.85 bits per heavy atom. The molecule has 1 aliphatic rings. The molecule has 1 aromatic carbocycles. The van der Waals surface area contributed by atoms with Crippen LogP contribution in [-0.2, 0) is 9.53 Å². The number of rotatable bonds is 5. The van der Waals surface area contributed by atoms with E-state index in [-0.39, 0.29) is 11.8 Å². The smallest absolute Gasteiger partial charge is 0.253 e. The van der Waals surface area contributed by atoms with Crippen LogP contribution in [0.3, 0.4) is 0 Å². The fourth-order valence-corrected chi connectivity index (χ4v) is 2.12. The SMILES string of the molecule is CCCNC(=O)c1ccccc1NC(=O)[C@@H]1CCCO1. The molecule has 0 bridgehead atoms. The second-order valence-corrected chi connectivity index (χ2v) is 4.79. The monoisotopic (exact) mass is 276 g/mol. The maximum atomic E-state index is 12.0. The molecule has 2 rings (SSSR count). The molecule has 1 fully saturated rings. The highest BCUT2D eigenvalue weighted by Gasteiger charge is 2.24. The molecule has 1 heterocycles. The summed E-state index contributed by atoms with van der Waals surface area (Å²) in [7, 11) is 0. The van der Waals surface area contributed by atoms with Gasteiger partial charge in [-0.2, -0.15) is 0 Å². The number of anilines is 1. The van der Waals surface area contributed by atoms with Crippen molar-refractivity contribution in [2.45, 2.75) is 32.3 Å². The Labute approximate surface area is 118 Å². The van der Waals surface area contributed by atoms with Gasteiger partial charge in [0.15, 0.2) is 0 Å². The van der Waals surface area contributed by atoms with Gasteiger partial charge >= 0.3 is 0 Å². The minimum absolute atomic E-state index is 0.171. The summed E-state index contributed by atoms with van der Waals surface area (Å²) >= 11 is 0. The van der Waals surface area contributed by atoms with Crippen LogP contribution in [0, 0.1) is 0 Å². The van der Waals surface area contributed by atoms with Crippen molar-refractivity contribution in [2.75, 3.05) is 18.5 Å². The van der Waals surface area contributed by atoms with Crippen LogP contribution in [-0.4, -0.2) is 31.1 Å². The van der Waals surface area contributed by atoms with Crippen molar-refractivity contribution < 1.29 is 14.3 Å². The number of para-hydroxylation sites is 1. The van der Waals surface area contributed by atoms with E-state index in [0.29, 0.717) is 24.4 Å². The number of amides is 2. The first kappa shape index (κ1) is 14.5. The molecule has 20 heavy (non-hydrogen) atoms. The topological polar surface area (TPSA) is 67.4 Å². The van der Waals surface area contributed by atoms with Crippen molar-refractivity contribution in [3.05, 3.63) is 29.8 Å². The summed E-state index contributed by atoms with van der Waals surface area (Å²) in [6.45, 7) is 3.23. The lowest BCUT2D eigenvalue weighted by Crippen LogP contribution is -2.29. The second-order valence-electron chi connectivity index (χ2n) is 4.79. The molecule has 0 unspecified atom stereocenters. The molecule has 0 saturated carbocycles. The van der Waals surface area contributed by atoms with Gasteiger partial charge in [-0.15, -0.1) is 0 Å². The fourth-order valence-electron chi connectivity index (χ4n) is 2.12. The summed E-state index contributed by atoms with van der Waals surface area (Å²) < 4.78 is 5.34. The Kier molecular flexibility index (Phi) is 5.12. The summed E-state index contributed by atoms with van der Waals surface area (Å²) in [5.74, 6) is -0.353. The zero-order chi connectivity index (χ0) is 14.4. The first-order valence-electron chi connectivity index (χ1n) is 7.02. The normalized spacial score (nSPS) is 17.8. The lowest BCUT2D eigenvalue weighted by molar-refractivity contribution is -0.124. The Morgan fingerprint density at radius 1 is 1.35 bits per heavy atom. The number of hydrogen-bond donors (Lipinski definition) is 2. The number of nitrogens with one attached hydrogen (secondary N) is 2. The summed E-state index contributed by atoms with van der Waals surface area (Å²) in [6, 6.07) is 7.01. The van der Waals surface area contributed by atoms with Crippen molar-refractivity contribution in [3.63, 3.8) is 0 Å². The predicted molar refractivity (Wildman–Crippen MR) is 76.7 cm³/mol. The predicted octanol–water partition coefficient (Wildman–Crippen LogP) is 1.94. The molecule has 0 spiro atoms. The van der Waals surface area contributed by atoms with Gasteiger partial charge in [0.2, 0.25) is 0 Å². The molecule has 1 aromatic rings. The molecule has 2 amide bonds. The number of ether oxygens (including phenoxy) is 1. The van der Waals surface area contributed by atoms with E-state index in [2.05, 4.69) is 10.6 Å². The molecular formula is C15H20N2O3. The molecule has 1 aliphatic heterocycles. The Hall–Kier alpha value is -1.88. The zero-order valence-corrected chi connectivity index (χ0v) is 11.6. The first-order chi connectivity index (χ1) is 9.72. The van der Waals surface area contributed by atoms with Crippen molar-refractivity contribution in [2.24, 2.45) is 0 Å². The molecule has 5 heteroatoms. The van der Waals surface area contributed by atoms with Crippen LogP contribution in [0.2, 0.25) is 0 Å². The minimum Gasteiger partial charge on any atom is -0.368 e. The van der Waals surface area contributed by atoms with Gasteiger partial charge in [0, 0.05) is 13.2 Å². The fraction of sp³-hybridized carbons (Fsp3) is 0.467. The lowest BCUT2D eigenvalue weighted by atomic mass is 10.1. The van der Waals surface area contributed by atoms with Gasteiger partial charge in [0.25, 0.3) is 11.8 Å². The summed E-state index contributed by atoms with van der Waals surface area (Å²) in [4.78, 5) is 24.1. The van der Waals surface area contributed by atoms with Crippen LogP contribution < -0.4 is 10.6 Å². The van der Waals surface area contributed by atoms with Gasteiger partial charge in [-0.3, -0.25) is 9.59 Å². The van der Waals surface area contributed by atoms with E-state index < -0.39 is 6.10 Å². The third-order valence-electron chi connectivity index (χ3n) is 3.19. The zero-order valence-electron chi connectivity index (χ0n) is 11.6. The van der Waals surface area contributed by atoms with Gasteiger partial charge in [-0.1, -0.05) is 19.1 Å². The van der Waals surface area contributed by atoms with Crippen LogP contribution in [0.1, 0.15) is 36.5 Å². The average molecular weight is 276 g/mol. The van der Waals surface area contributed by atoms with E-state index in [1.807, 2.05) is 6.92 Å². The van der Waals surface area contributed by atoms with E-state index >= 15 is 0 Å². The van der Waals surface area contributed by atoms with Crippen LogP contribution in [0.15, 0.2) is 24.3 Å². The summed E-state index contributed by atoms with van der Waals surface area (Å²) in [5.41, 5.74) is 1.01. The van der Waals surface area contributed by atoms with Crippen LogP contribution >= 0.6 is 0 Å². The minimum atomic E-state index is -0.401. The van der Waals surface area contributed by atoms with Crippen molar-refractivity contribution in [1.82, 2.24) is 5.32 Å². The highest BCUT2D eigenvalue weighted by Crippen LogP contribution is 2.18. The second kappa shape index (κ2) is 7.05. The quantitative estimate of drug-likeness (QED) is 0.863. The molecule has 2 N–H and O–H groups in total. The molecule has 0 aromatic heterocycles. The highest BCUT2D eigenvalue weighted by atomic mass is 16.5. The number of benzene rings is 1. The lowest BCUT2D eigenvalue weighted by Gasteiger charge is -2.13. The van der Waals surface area contributed by atoms with E-state index in [1.54, 1.807) is 24.3 Å². The molecule has 1 saturated heterocycles. The van der Waals surface area contributed by atoms with Gasteiger partial charge in [0.1, 0.15) is 6.10 Å². The molecule has 1 atom stereocenters. The van der Waals surface area contributed by atoms with E-state index in [4.69, 9.17) is 4.74 Å². The van der Waals surface area contributed by atoms with E-state index in [1.165, 1.54) is 0 Å². The standard InChI is InChI=1S/C15H20N2O3/c1-2-9-16-14(18)11-6-3-4-7-12(11)17-15(19)13-8-5-10-20-13/h3-4,6-7,13H,2,5,8-10H2,1H3,(H,16,18)(H,17,19)/t13-/m0/s1. The molecular weight excluding hydrogens is 256 g/mol. The summed E-state index contributed by atoms with van der Waals surface area (Å²) in [6.07, 6.45) is 2.10. The van der Waals surface area contributed by atoms with Gasteiger partial charge in [-0.25, -0.2) is 0 Å². The van der Waals surface area contributed by atoms with Gasteiger partial charge in [-0.05, 0) is 31.4 Å². The molecule has 0 aliphatic carbocycles. The maximum Gasteiger partial charge on any atom is 0.253 e. The molecule has 5 nitrogen and oxygen atoms in total. The van der Waals surface area contributed by atoms with Crippen LogP contribution in [0.25, 0.3) is 0 Å². The Morgan fingerprint density at radius 2 is 2.15 bits per heavy atom. The highest BCUT2D eigenvalue weighted by molar-refractivity contribution is 6.04. The average Bonchev–Trinajstić information content (AvgIpc) is 2.99. The molecule has 0 radical (unpaired) electrons. The van der Waals surface area contributed by atoms with Crippen molar-refractivity contribution in [3.8, 4) is 0 Å². The number of carbonyl (C=O) groups is 2. The number of carbonyl (C=O) groups excluding carboxylic acids is 2. The Balaban J connectivity index is 2.07. The Bertz CT molecular complexity index is 482. The first-order valence-corrected chi connectivity index (χ1v) is 7.02.